The summed E-state index contributed by atoms with van der Waals surface area (Å²) in [6.45, 7) is 0. The molecule has 0 fully saturated rings. The second-order valence-electron chi connectivity index (χ2n) is 3.61. The Bertz CT molecular complexity index is 394. The highest BCUT2D eigenvalue weighted by molar-refractivity contribution is 5.29. The van der Waals surface area contributed by atoms with Crippen LogP contribution in [0.5, 0.6) is 5.75 Å². The Morgan fingerprint density at radius 2 is 1.88 bits per heavy atom. The SMILES string of the molecule is N[C@H](C[C@@H](O)c1ccc(O)c(F)c1)C(F)(F)F. The summed E-state index contributed by atoms with van der Waals surface area (Å²) in [4.78, 5) is 0. The van der Waals surface area contributed by atoms with Crippen molar-refractivity contribution in [2.45, 2.75) is 24.7 Å². The monoisotopic (exact) mass is 253 g/mol. The first-order valence-electron chi connectivity index (χ1n) is 4.70. The highest BCUT2D eigenvalue weighted by Gasteiger charge is 2.38. The second-order valence-corrected chi connectivity index (χ2v) is 3.61. The number of nitrogens with two attached hydrogens (primary N) is 1. The molecule has 96 valence electrons. The van der Waals surface area contributed by atoms with Crippen LogP contribution in [0.2, 0.25) is 0 Å². The standard InChI is InChI=1S/C10H11F4NO2/c11-6-3-5(1-2-7(6)16)8(17)4-9(15)10(12,13)14/h1-3,8-9,16-17H,4,15H2/t8-,9-/m1/s1. The first-order chi connectivity index (χ1) is 7.71. The summed E-state index contributed by atoms with van der Waals surface area (Å²) >= 11 is 0. The van der Waals surface area contributed by atoms with Crippen molar-refractivity contribution >= 4 is 0 Å². The minimum Gasteiger partial charge on any atom is -0.505 e. The molecule has 1 rings (SSSR count). The van der Waals surface area contributed by atoms with E-state index >= 15 is 0 Å². The summed E-state index contributed by atoms with van der Waals surface area (Å²) in [5.41, 5.74) is 4.76. The van der Waals surface area contributed by atoms with Gasteiger partial charge in [-0.15, -0.1) is 0 Å². The molecule has 2 atom stereocenters. The minimum atomic E-state index is -4.61. The lowest BCUT2D eigenvalue weighted by Gasteiger charge is -2.19. The normalized spacial score (nSPS) is 15.6. The zero-order valence-electron chi connectivity index (χ0n) is 8.58. The molecular weight excluding hydrogens is 242 g/mol. The van der Waals surface area contributed by atoms with Crippen LogP contribution in [0.15, 0.2) is 18.2 Å². The molecule has 0 aliphatic carbocycles. The molecule has 0 radical (unpaired) electrons. The molecule has 0 heterocycles. The lowest BCUT2D eigenvalue weighted by atomic mass is 10.0. The fraction of sp³-hybridized carbons (Fsp3) is 0.400. The Kier molecular flexibility index (Phi) is 3.94. The lowest BCUT2D eigenvalue weighted by molar-refractivity contribution is -0.153. The Morgan fingerprint density at radius 3 is 2.35 bits per heavy atom. The molecule has 1 aromatic carbocycles. The molecule has 7 heteroatoms. The highest BCUT2D eigenvalue weighted by atomic mass is 19.4. The van der Waals surface area contributed by atoms with Gasteiger partial charge in [-0.3, -0.25) is 0 Å². The average Bonchev–Trinajstić information content (AvgIpc) is 2.20. The van der Waals surface area contributed by atoms with Crippen molar-refractivity contribution in [3.8, 4) is 5.75 Å². The number of alkyl halides is 3. The van der Waals surface area contributed by atoms with Gasteiger partial charge in [0.2, 0.25) is 0 Å². The third-order valence-electron chi connectivity index (χ3n) is 2.25. The van der Waals surface area contributed by atoms with Crippen LogP contribution < -0.4 is 5.73 Å². The van der Waals surface area contributed by atoms with Crippen molar-refractivity contribution in [1.82, 2.24) is 0 Å². The summed E-state index contributed by atoms with van der Waals surface area (Å²) < 4.78 is 49.3. The van der Waals surface area contributed by atoms with Gasteiger partial charge >= 0.3 is 6.18 Å². The van der Waals surface area contributed by atoms with Crippen LogP contribution in [0, 0.1) is 5.82 Å². The van der Waals surface area contributed by atoms with Crippen molar-refractivity contribution in [3.05, 3.63) is 29.6 Å². The summed E-state index contributed by atoms with van der Waals surface area (Å²) in [5.74, 6) is -1.65. The van der Waals surface area contributed by atoms with E-state index in [1.54, 1.807) is 0 Å². The highest BCUT2D eigenvalue weighted by Crippen LogP contribution is 2.28. The van der Waals surface area contributed by atoms with Gasteiger partial charge in [-0.05, 0) is 17.7 Å². The fourth-order valence-corrected chi connectivity index (χ4v) is 1.24. The maximum absolute atomic E-state index is 12.9. The van der Waals surface area contributed by atoms with E-state index in [1.165, 1.54) is 0 Å². The van der Waals surface area contributed by atoms with Gasteiger partial charge < -0.3 is 15.9 Å². The molecular formula is C10H11F4NO2. The van der Waals surface area contributed by atoms with E-state index in [2.05, 4.69) is 0 Å². The van der Waals surface area contributed by atoms with Crippen LogP contribution in [0.1, 0.15) is 18.1 Å². The molecule has 0 saturated heterocycles. The van der Waals surface area contributed by atoms with Crippen molar-refractivity contribution < 1.29 is 27.8 Å². The fourth-order valence-electron chi connectivity index (χ4n) is 1.24. The predicted octanol–water partition coefficient (Wildman–Crippen LogP) is 1.84. The second kappa shape index (κ2) is 4.89. The van der Waals surface area contributed by atoms with Gasteiger partial charge in [0.1, 0.15) is 6.04 Å². The van der Waals surface area contributed by atoms with Crippen molar-refractivity contribution in [2.75, 3.05) is 0 Å². The number of benzene rings is 1. The van der Waals surface area contributed by atoms with E-state index in [0.717, 1.165) is 18.2 Å². The molecule has 0 aliphatic heterocycles. The van der Waals surface area contributed by atoms with Gasteiger partial charge in [0.25, 0.3) is 0 Å². The number of hydrogen-bond donors (Lipinski definition) is 3. The van der Waals surface area contributed by atoms with E-state index in [1.807, 2.05) is 0 Å². The summed E-state index contributed by atoms with van der Waals surface area (Å²) in [6, 6.07) is 0.664. The Labute approximate surface area is 94.5 Å². The quantitative estimate of drug-likeness (QED) is 0.720. The summed E-state index contributed by atoms with van der Waals surface area (Å²) in [5, 5.41) is 18.3. The summed E-state index contributed by atoms with van der Waals surface area (Å²) in [6.07, 6.45) is -6.92. The molecule has 17 heavy (non-hydrogen) atoms. The zero-order chi connectivity index (χ0) is 13.2. The zero-order valence-corrected chi connectivity index (χ0v) is 8.58. The topological polar surface area (TPSA) is 66.5 Å². The number of halogens is 4. The van der Waals surface area contributed by atoms with Gasteiger partial charge in [-0.1, -0.05) is 6.07 Å². The number of rotatable bonds is 3. The van der Waals surface area contributed by atoms with Crippen LogP contribution >= 0.6 is 0 Å². The molecule has 3 nitrogen and oxygen atoms in total. The number of aliphatic hydroxyl groups is 1. The maximum atomic E-state index is 12.9. The first-order valence-corrected chi connectivity index (χ1v) is 4.70. The van der Waals surface area contributed by atoms with Gasteiger partial charge in [-0.25, -0.2) is 4.39 Å². The molecule has 0 unspecified atom stereocenters. The first kappa shape index (κ1) is 13.7. The summed E-state index contributed by atoms with van der Waals surface area (Å²) in [7, 11) is 0. The van der Waals surface area contributed by atoms with Crippen molar-refractivity contribution in [3.63, 3.8) is 0 Å². The smallest absolute Gasteiger partial charge is 0.403 e. The Balaban J connectivity index is 2.76. The third-order valence-corrected chi connectivity index (χ3v) is 2.25. The Morgan fingerprint density at radius 1 is 1.29 bits per heavy atom. The molecule has 1 aromatic rings. The largest absolute Gasteiger partial charge is 0.505 e. The third kappa shape index (κ3) is 3.57. The van der Waals surface area contributed by atoms with E-state index in [-0.39, 0.29) is 5.56 Å². The average molecular weight is 253 g/mol. The number of aromatic hydroxyl groups is 1. The Hall–Kier alpha value is -1.34. The molecule has 0 aliphatic rings. The molecule has 4 N–H and O–H groups in total. The van der Waals surface area contributed by atoms with Crippen molar-refractivity contribution in [1.29, 1.82) is 0 Å². The molecule has 0 bridgehead atoms. The van der Waals surface area contributed by atoms with Gasteiger partial charge in [-0.2, -0.15) is 13.2 Å². The van der Waals surface area contributed by atoms with E-state index in [9.17, 15) is 22.7 Å². The number of phenolic OH excluding ortho intramolecular Hbond substituents is 1. The van der Waals surface area contributed by atoms with Gasteiger partial charge in [0, 0.05) is 6.42 Å². The van der Waals surface area contributed by atoms with Crippen LogP contribution in [-0.4, -0.2) is 22.4 Å². The number of hydrogen-bond acceptors (Lipinski definition) is 3. The van der Waals surface area contributed by atoms with Crippen LogP contribution in [0.25, 0.3) is 0 Å². The number of aliphatic hydroxyl groups excluding tert-OH is 1. The van der Waals surface area contributed by atoms with Crippen LogP contribution in [0.3, 0.4) is 0 Å². The van der Waals surface area contributed by atoms with E-state index in [0.29, 0.717) is 0 Å². The van der Waals surface area contributed by atoms with Crippen molar-refractivity contribution in [2.24, 2.45) is 5.73 Å². The lowest BCUT2D eigenvalue weighted by Crippen LogP contribution is -2.38. The van der Waals surface area contributed by atoms with Gasteiger partial charge in [0.05, 0.1) is 6.10 Å². The minimum absolute atomic E-state index is 0.0694. The molecule has 0 aromatic heterocycles. The van der Waals surface area contributed by atoms with E-state index < -0.39 is 36.3 Å². The van der Waals surface area contributed by atoms with Gasteiger partial charge in [0.15, 0.2) is 11.6 Å². The number of phenols is 1. The maximum Gasteiger partial charge on any atom is 0.403 e. The van der Waals surface area contributed by atoms with E-state index in [4.69, 9.17) is 10.8 Å². The van der Waals surface area contributed by atoms with Crippen LogP contribution in [0.4, 0.5) is 17.6 Å². The molecule has 0 saturated carbocycles. The van der Waals surface area contributed by atoms with Crippen LogP contribution in [-0.2, 0) is 0 Å². The predicted molar refractivity (Wildman–Crippen MR) is 51.7 cm³/mol. The molecule has 0 amide bonds. The molecule has 0 spiro atoms.